The minimum atomic E-state index is -0.626. The van der Waals surface area contributed by atoms with Crippen LogP contribution in [0, 0.1) is 24.5 Å². The van der Waals surface area contributed by atoms with Crippen molar-refractivity contribution in [3.05, 3.63) is 59.2 Å². The van der Waals surface area contributed by atoms with Crippen molar-refractivity contribution in [3.8, 4) is 11.3 Å². The first kappa shape index (κ1) is 29.5. The van der Waals surface area contributed by atoms with Crippen LogP contribution in [0.15, 0.2) is 30.5 Å². The number of benzene rings is 1. The number of hydrogen-bond donors (Lipinski definition) is 1. The topological polar surface area (TPSA) is 84.2 Å². The molecule has 0 aliphatic carbocycles. The van der Waals surface area contributed by atoms with Crippen molar-refractivity contribution in [1.29, 1.82) is 0 Å². The molecule has 0 amide bonds. The first-order chi connectivity index (χ1) is 20.8. The summed E-state index contributed by atoms with van der Waals surface area (Å²) in [6.07, 6.45) is 4.33. The number of likely N-dealkylation sites (tertiary alicyclic amines) is 1. The molecule has 228 valence electrons. The van der Waals surface area contributed by atoms with Crippen LogP contribution in [0.1, 0.15) is 43.8 Å². The number of ether oxygens (including phenoxy) is 1. The Bertz CT molecular complexity index is 1600. The van der Waals surface area contributed by atoms with Crippen LogP contribution in [0.3, 0.4) is 0 Å². The van der Waals surface area contributed by atoms with Crippen LogP contribution in [0.4, 0.5) is 20.5 Å². The van der Waals surface area contributed by atoms with Crippen LogP contribution in [0.2, 0.25) is 0 Å². The Morgan fingerprint density at radius 3 is 2.63 bits per heavy atom. The van der Waals surface area contributed by atoms with Gasteiger partial charge in [0.25, 0.3) is 0 Å². The molecular weight excluding hydrogens is 550 g/mol. The first-order valence-electron chi connectivity index (χ1n) is 15.2. The molecule has 2 aliphatic heterocycles. The number of nitrogens with zero attached hydrogens (tertiary/aromatic N) is 7. The molecule has 1 N–H and O–H groups in total. The van der Waals surface area contributed by atoms with E-state index in [1.54, 1.807) is 13.2 Å². The summed E-state index contributed by atoms with van der Waals surface area (Å²) in [5.41, 5.74) is 3.55. The van der Waals surface area contributed by atoms with E-state index in [9.17, 15) is 0 Å². The molecule has 0 bridgehead atoms. The van der Waals surface area contributed by atoms with Gasteiger partial charge in [0.05, 0.1) is 18.3 Å². The number of halogens is 2. The van der Waals surface area contributed by atoms with Crippen molar-refractivity contribution in [2.45, 2.75) is 59.2 Å². The van der Waals surface area contributed by atoms with Gasteiger partial charge < -0.3 is 19.5 Å². The molecule has 2 aliphatic rings. The summed E-state index contributed by atoms with van der Waals surface area (Å²) in [5, 5.41) is 3.14. The van der Waals surface area contributed by atoms with E-state index < -0.39 is 11.6 Å². The van der Waals surface area contributed by atoms with Gasteiger partial charge >= 0.3 is 0 Å². The average Bonchev–Trinajstić information content (AvgIpc) is 3.31. The fraction of sp³-hybridized carbons (Fsp3) is 0.500. The number of hydrogen-bond acceptors (Lipinski definition) is 8. The Labute approximate surface area is 251 Å². The fourth-order valence-corrected chi connectivity index (χ4v) is 6.32. The van der Waals surface area contributed by atoms with Gasteiger partial charge in [-0.3, -0.25) is 4.90 Å². The van der Waals surface area contributed by atoms with Gasteiger partial charge in [-0.1, -0.05) is 19.9 Å². The molecule has 4 aromatic rings. The molecule has 1 saturated heterocycles. The molecule has 1 aromatic carbocycles. The molecule has 43 heavy (non-hydrogen) atoms. The van der Waals surface area contributed by atoms with Crippen molar-refractivity contribution in [2.24, 2.45) is 5.92 Å². The lowest BCUT2D eigenvalue weighted by atomic mass is 9.98. The van der Waals surface area contributed by atoms with Gasteiger partial charge in [0.1, 0.15) is 22.9 Å². The number of aromatic nitrogens is 5. The third-order valence-electron chi connectivity index (χ3n) is 8.57. The molecule has 6 rings (SSSR count). The maximum absolute atomic E-state index is 15.1. The summed E-state index contributed by atoms with van der Waals surface area (Å²) in [7, 11) is 1.76. The maximum Gasteiger partial charge on any atom is 0.229 e. The first-order valence-corrected chi connectivity index (χ1v) is 15.2. The largest absolute Gasteiger partial charge is 0.383 e. The van der Waals surface area contributed by atoms with Gasteiger partial charge in [0.2, 0.25) is 5.95 Å². The maximum atomic E-state index is 15.1. The molecule has 1 fully saturated rings. The highest BCUT2D eigenvalue weighted by Crippen LogP contribution is 2.30. The summed E-state index contributed by atoms with van der Waals surface area (Å²) < 4.78 is 37.3. The summed E-state index contributed by atoms with van der Waals surface area (Å²) in [6, 6.07) is 7.66. The smallest absolute Gasteiger partial charge is 0.229 e. The molecule has 0 unspecified atom stereocenters. The number of pyridine rings is 1. The molecule has 5 heterocycles. The van der Waals surface area contributed by atoms with E-state index in [0.717, 1.165) is 63.5 Å². The molecule has 11 heteroatoms. The number of aryl methyl sites for hydroxylation is 1. The van der Waals surface area contributed by atoms with E-state index in [1.165, 1.54) is 24.5 Å². The van der Waals surface area contributed by atoms with Crippen molar-refractivity contribution in [2.75, 3.05) is 45.2 Å². The number of imidazole rings is 1. The lowest BCUT2D eigenvalue weighted by Crippen LogP contribution is -2.47. The zero-order valence-electron chi connectivity index (χ0n) is 25.4. The Hall–Kier alpha value is -3.54. The summed E-state index contributed by atoms with van der Waals surface area (Å²) in [6.45, 7) is 12.6. The van der Waals surface area contributed by atoms with E-state index >= 15 is 8.78 Å². The highest BCUT2D eigenvalue weighted by atomic mass is 19.1. The van der Waals surface area contributed by atoms with Crippen molar-refractivity contribution in [1.82, 2.24) is 34.3 Å². The van der Waals surface area contributed by atoms with E-state index in [-0.39, 0.29) is 17.2 Å². The summed E-state index contributed by atoms with van der Waals surface area (Å²) in [4.78, 5) is 22.9. The third-order valence-corrected chi connectivity index (χ3v) is 8.57. The number of nitrogens with one attached hydrogen (secondary N) is 1. The SMILES string of the molecule is COCCN1CCC(N2CCc3nc(Nc4ncc(F)c(-c5cc(F)c6nc(C)n(CC(C)C)c6c5)n4)ccc3C2)CC1. The van der Waals surface area contributed by atoms with Crippen LogP contribution in [-0.4, -0.2) is 80.2 Å². The predicted molar refractivity (Wildman–Crippen MR) is 163 cm³/mol. The van der Waals surface area contributed by atoms with Crippen LogP contribution in [0.25, 0.3) is 22.3 Å². The number of methoxy groups -OCH3 is 1. The molecule has 0 radical (unpaired) electrons. The van der Waals surface area contributed by atoms with E-state index in [2.05, 4.69) is 50.0 Å². The van der Waals surface area contributed by atoms with Gasteiger partial charge in [-0.25, -0.2) is 28.7 Å². The number of fused-ring (bicyclic) bond motifs is 2. The zero-order chi connectivity index (χ0) is 30.1. The van der Waals surface area contributed by atoms with Crippen molar-refractivity contribution < 1.29 is 13.5 Å². The minimum absolute atomic E-state index is 0.0233. The fourth-order valence-electron chi connectivity index (χ4n) is 6.32. The number of anilines is 2. The lowest BCUT2D eigenvalue weighted by Gasteiger charge is -2.40. The quantitative estimate of drug-likeness (QED) is 0.280. The normalized spacial score (nSPS) is 16.7. The van der Waals surface area contributed by atoms with Crippen molar-refractivity contribution >= 4 is 22.8 Å². The number of piperidine rings is 1. The molecule has 9 nitrogen and oxygen atoms in total. The van der Waals surface area contributed by atoms with Gasteiger partial charge in [0, 0.05) is 57.0 Å². The summed E-state index contributed by atoms with van der Waals surface area (Å²) in [5.74, 6) is 0.727. The van der Waals surface area contributed by atoms with E-state index in [4.69, 9.17) is 9.72 Å². The molecular formula is C32H40F2N8O. The zero-order valence-corrected chi connectivity index (χ0v) is 25.4. The molecule has 3 aromatic heterocycles. The minimum Gasteiger partial charge on any atom is -0.383 e. The molecule has 0 atom stereocenters. The van der Waals surface area contributed by atoms with Crippen LogP contribution in [-0.2, 0) is 24.2 Å². The lowest BCUT2D eigenvalue weighted by molar-refractivity contribution is 0.0794. The van der Waals surface area contributed by atoms with Gasteiger partial charge in [-0.05, 0) is 62.5 Å². The van der Waals surface area contributed by atoms with Gasteiger partial charge in [-0.15, -0.1) is 0 Å². The van der Waals surface area contributed by atoms with Crippen LogP contribution < -0.4 is 5.32 Å². The Kier molecular flexibility index (Phi) is 8.65. The highest BCUT2D eigenvalue weighted by Gasteiger charge is 2.28. The molecule has 0 spiro atoms. The Morgan fingerprint density at radius 1 is 1.05 bits per heavy atom. The Balaban J connectivity index is 1.17. The van der Waals surface area contributed by atoms with Gasteiger partial charge in [-0.2, -0.15) is 0 Å². The van der Waals surface area contributed by atoms with Crippen LogP contribution in [0.5, 0.6) is 0 Å². The average molecular weight is 591 g/mol. The third kappa shape index (κ3) is 6.39. The van der Waals surface area contributed by atoms with E-state index in [1.807, 2.05) is 17.6 Å². The van der Waals surface area contributed by atoms with Crippen LogP contribution >= 0.6 is 0 Å². The molecule has 0 saturated carbocycles. The van der Waals surface area contributed by atoms with Gasteiger partial charge in [0.15, 0.2) is 11.6 Å². The van der Waals surface area contributed by atoms with E-state index in [0.29, 0.717) is 35.4 Å². The van der Waals surface area contributed by atoms with Crippen molar-refractivity contribution in [3.63, 3.8) is 0 Å². The second-order valence-electron chi connectivity index (χ2n) is 12.1. The second kappa shape index (κ2) is 12.6. The second-order valence-corrected chi connectivity index (χ2v) is 12.1. The highest BCUT2D eigenvalue weighted by molar-refractivity contribution is 5.83. The Morgan fingerprint density at radius 2 is 1.86 bits per heavy atom. The monoisotopic (exact) mass is 590 g/mol. The standard InChI is InChI=1S/C32H40F2N8O/c1-20(2)18-42-21(3)36-31-25(33)15-23(16-28(31)42)30-26(34)17-35-32(39-30)38-29-6-5-22-19-41(12-9-27(22)37-29)24-7-10-40(11-8-24)13-14-43-4/h5-6,15-17,20,24H,7-14,18-19H2,1-4H3,(H,35,37,38,39). The number of rotatable bonds is 9. The summed E-state index contributed by atoms with van der Waals surface area (Å²) >= 11 is 0. The predicted octanol–water partition coefficient (Wildman–Crippen LogP) is 5.34.